The molecule has 8 heteroatoms. The molecule has 2 aliphatic heterocycles. The highest BCUT2D eigenvalue weighted by Crippen LogP contribution is 2.25. The van der Waals surface area contributed by atoms with Crippen LogP contribution in [0.2, 0.25) is 0 Å². The summed E-state index contributed by atoms with van der Waals surface area (Å²) >= 11 is 3.28. The molecule has 2 N–H and O–H groups in total. The molecule has 2 heterocycles. The molecule has 0 aliphatic carbocycles. The lowest BCUT2D eigenvalue weighted by Gasteiger charge is -2.27. The Labute approximate surface area is 148 Å². The Kier molecular flexibility index (Phi) is 5.27. The van der Waals surface area contributed by atoms with Crippen molar-refractivity contribution in [3.63, 3.8) is 0 Å². The number of nitrogens with one attached hydrogen (secondary N) is 2. The molecule has 1 aromatic rings. The third kappa shape index (κ3) is 3.66. The Morgan fingerprint density at radius 2 is 1.88 bits per heavy atom. The first-order chi connectivity index (χ1) is 11.6. The zero-order valence-corrected chi connectivity index (χ0v) is 14.8. The van der Waals surface area contributed by atoms with E-state index in [0.29, 0.717) is 17.7 Å². The first kappa shape index (κ1) is 17.1. The van der Waals surface area contributed by atoms with Gasteiger partial charge in [-0.05, 0) is 18.2 Å². The third-order valence-electron chi connectivity index (χ3n) is 4.19. The molecule has 0 atom stereocenters. The van der Waals surface area contributed by atoms with Crippen molar-refractivity contribution in [2.75, 3.05) is 45.8 Å². The van der Waals surface area contributed by atoms with Gasteiger partial charge in [0, 0.05) is 43.7 Å². The predicted molar refractivity (Wildman–Crippen MR) is 91.8 cm³/mol. The minimum atomic E-state index is -0.423. The zero-order chi connectivity index (χ0) is 17.1. The van der Waals surface area contributed by atoms with Crippen molar-refractivity contribution in [2.45, 2.75) is 0 Å². The van der Waals surface area contributed by atoms with Gasteiger partial charge in [0.2, 0.25) is 5.91 Å². The number of hydrogen-bond acceptors (Lipinski definition) is 5. The van der Waals surface area contributed by atoms with Crippen molar-refractivity contribution in [1.29, 1.82) is 0 Å². The summed E-state index contributed by atoms with van der Waals surface area (Å²) < 4.78 is 0.727. The molecule has 1 fully saturated rings. The van der Waals surface area contributed by atoms with Crippen LogP contribution in [0.1, 0.15) is 20.7 Å². The standard InChI is InChI=1S/C16H19BrN4O3/c17-11-1-2-12-13(9-11)16(24)21(15(12)23)10-14(22)19-5-8-20-6-3-18-4-7-20/h1-2,9,18H,3-8,10H2,(H,19,22). The number of hydrogen-bond donors (Lipinski definition) is 2. The highest BCUT2D eigenvalue weighted by Gasteiger charge is 2.36. The molecule has 0 bridgehead atoms. The van der Waals surface area contributed by atoms with Crippen molar-refractivity contribution >= 4 is 33.7 Å². The molecule has 7 nitrogen and oxygen atoms in total. The fourth-order valence-corrected chi connectivity index (χ4v) is 3.26. The van der Waals surface area contributed by atoms with E-state index in [1.54, 1.807) is 18.2 Å². The number of imide groups is 1. The Balaban J connectivity index is 1.51. The second-order valence-corrected chi connectivity index (χ2v) is 6.74. The molecule has 2 aliphatic rings. The van der Waals surface area contributed by atoms with E-state index in [1.165, 1.54) is 0 Å². The number of rotatable bonds is 5. The number of halogens is 1. The van der Waals surface area contributed by atoms with E-state index in [1.807, 2.05) is 0 Å². The van der Waals surface area contributed by atoms with Gasteiger partial charge in [0.15, 0.2) is 0 Å². The first-order valence-corrected chi connectivity index (χ1v) is 8.71. The molecule has 128 valence electrons. The molecule has 1 saturated heterocycles. The maximum Gasteiger partial charge on any atom is 0.262 e. The number of amides is 3. The molecule has 0 saturated carbocycles. The van der Waals surface area contributed by atoms with Gasteiger partial charge in [-0.15, -0.1) is 0 Å². The average molecular weight is 395 g/mol. The van der Waals surface area contributed by atoms with Crippen LogP contribution in [0.5, 0.6) is 0 Å². The fourth-order valence-electron chi connectivity index (χ4n) is 2.89. The van der Waals surface area contributed by atoms with Crippen LogP contribution < -0.4 is 10.6 Å². The molecule has 3 rings (SSSR count). The van der Waals surface area contributed by atoms with E-state index in [4.69, 9.17) is 0 Å². The van der Waals surface area contributed by atoms with Gasteiger partial charge in [0.1, 0.15) is 6.54 Å². The Morgan fingerprint density at radius 1 is 1.17 bits per heavy atom. The molecular formula is C16H19BrN4O3. The summed E-state index contributed by atoms with van der Waals surface area (Å²) in [6.07, 6.45) is 0. The van der Waals surface area contributed by atoms with Crippen LogP contribution >= 0.6 is 15.9 Å². The number of nitrogens with zero attached hydrogens (tertiary/aromatic N) is 2. The second kappa shape index (κ2) is 7.42. The van der Waals surface area contributed by atoms with Gasteiger partial charge in [-0.2, -0.15) is 0 Å². The molecular weight excluding hydrogens is 376 g/mol. The van der Waals surface area contributed by atoms with Gasteiger partial charge in [0.25, 0.3) is 11.8 Å². The Hall–Kier alpha value is -1.77. The van der Waals surface area contributed by atoms with Crippen LogP contribution in [0.4, 0.5) is 0 Å². The summed E-state index contributed by atoms with van der Waals surface area (Å²) in [5, 5.41) is 6.05. The number of fused-ring (bicyclic) bond motifs is 1. The van der Waals surface area contributed by atoms with E-state index in [0.717, 1.165) is 42.1 Å². The van der Waals surface area contributed by atoms with Crippen LogP contribution in [0.25, 0.3) is 0 Å². The van der Waals surface area contributed by atoms with Crippen molar-refractivity contribution in [3.8, 4) is 0 Å². The van der Waals surface area contributed by atoms with Crippen LogP contribution in [-0.2, 0) is 4.79 Å². The molecule has 0 radical (unpaired) electrons. The maximum atomic E-state index is 12.3. The summed E-state index contributed by atoms with van der Waals surface area (Å²) in [7, 11) is 0. The fraction of sp³-hybridized carbons (Fsp3) is 0.438. The highest BCUT2D eigenvalue weighted by molar-refractivity contribution is 9.10. The van der Waals surface area contributed by atoms with E-state index >= 15 is 0 Å². The van der Waals surface area contributed by atoms with Gasteiger partial charge in [0.05, 0.1) is 11.1 Å². The normalized spacial score (nSPS) is 18.0. The lowest BCUT2D eigenvalue weighted by atomic mass is 10.1. The van der Waals surface area contributed by atoms with Gasteiger partial charge < -0.3 is 10.6 Å². The van der Waals surface area contributed by atoms with Crippen LogP contribution in [0.15, 0.2) is 22.7 Å². The maximum absolute atomic E-state index is 12.3. The van der Waals surface area contributed by atoms with Crippen molar-refractivity contribution in [1.82, 2.24) is 20.4 Å². The summed E-state index contributed by atoms with van der Waals surface area (Å²) in [5.41, 5.74) is 0.680. The van der Waals surface area contributed by atoms with E-state index in [9.17, 15) is 14.4 Å². The van der Waals surface area contributed by atoms with E-state index in [2.05, 4.69) is 31.5 Å². The molecule has 0 spiro atoms. The van der Waals surface area contributed by atoms with Crippen molar-refractivity contribution < 1.29 is 14.4 Å². The Morgan fingerprint density at radius 3 is 2.62 bits per heavy atom. The molecule has 0 aromatic heterocycles. The van der Waals surface area contributed by atoms with Crippen LogP contribution in [-0.4, -0.2) is 73.3 Å². The smallest absolute Gasteiger partial charge is 0.262 e. The summed E-state index contributed by atoms with van der Waals surface area (Å²) in [4.78, 5) is 39.9. The minimum Gasteiger partial charge on any atom is -0.353 e. The molecule has 3 amide bonds. The average Bonchev–Trinajstić information content (AvgIpc) is 2.80. The summed E-state index contributed by atoms with van der Waals surface area (Å²) in [6.45, 7) is 4.87. The minimum absolute atomic E-state index is 0.245. The molecule has 0 unspecified atom stereocenters. The highest BCUT2D eigenvalue weighted by atomic mass is 79.9. The quantitative estimate of drug-likeness (QED) is 0.690. The largest absolute Gasteiger partial charge is 0.353 e. The first-order valence-electron chi connectivity index (χ1n) is 7.92. The van der Waals surface area contributed by atoms with Gasteiger partial charge in [-0.3, -0.25) is 24.2 Å². The lowest BCUT2D eigenvalue weighted by molar-refractivity contribution is -0.121. The number of carbonyl (C=O) groups excluding carboxylic acids is 3. The summed E-state index contributed by atoms with van der Waals surface area (Å²) in [6, 6.07) is 4.92. The summed E-state index contributed by atoms with van der Waals surface area (Å²) in [5.74, 6) is -1.16. The zero-order valence-electron chi connectivity index (χ0n) is 13.2. The monoisotopic (exact) mass is 394 g/mol. The Bertz CT molecular complexity index is 673. The number of piperazine rings is 1. The third-order valence-corrected chi connectivity index (χ3v) is 4.69. The SMILES string of the molecule is O=C(CN1C(=O)c2ccc(Br)cc2C1=O)NCCN1CCNCC1. The van der Waals surface area contributed by atoms with Crippen molar-refractivity contribution in [2.24, 2.45) is 0 Å². The number of benzene rings is 1. The van der Waals surface area contributed by atoms with Crippen LogP contribution in [0.3, 0.4) is 0 Å². The van der Waals surface area contributed by atoms with Gasteiger partial charge in [-0.25, -0.2) is 0 Å². The second-order valence-electron chi connectivity index (χ2n) is 5.83. The van der Waals surface area contributed by atoms with Crippen molar-refractivity contribution in [3.05, 3.63) is 33.8 Å². The number of carbonyl (C=O) groups is 3. The molecule has 24 heavy (non-hydrogen) atoms. The lowest BCUT2D eigenvalue weighted by Crippen LogP contribution is -2.47. The van der Waals surface area contributed by atoms with Gasteiger partial charge >= 0.3 is 0 Å². The van der Waals surface area contributed by atoms with E-state index in [-0.39, 0.29) is 12.5 Å². The van der Waals surface area contributed by atoms with Crippen LogP contribution in [0, 0.1) is 0 Å². The van der Waals surface area contributed by atoms with Gasteiger partial charge in [-0.1, -0.05) is 15.9 Å². The predicted octanol–water partition coefficient (Wildman–Crippen LogP) is 0.0665. The molecule has 1 aromatic carbocycles. The topological polar surface area (TPSA) is 81.8 Å². The van der Waals surface area contributed by atoms with E-state index < -0.39 is 11.8 Å².